The molecule has 0 radical (unpaired) electrons. The van der Waals surface area contributed by atoms with Crippen molar-refractivity contribution < 1.29 is 4.79 Å². The first-order valence-electron chi connectivity index (χ1n) is 7.56. The molecule has 21 heavy (non-hydrogen) atoms. The van der Waals surface area contributed by atoms with Crippen molar-refractivity contribution in [3.63, 3.8) is 0 Å². The lowest BCUT2D eigenvalue weighted by Gasteiger charge is -2.36. The minimum atomic E-state index is -0.279. The molecule has 114 valence electrons. The number of piperidine rings is 1. The Bertz CT molecular complexity index is 559. The number of nitrogens with one attached hydrogen (secondary N) is 2. The molecule has 1 aliphatic rings. The molecule has 4 nitrogen and oxygen atoms in total. The first-order chi connectivity index (χ1) is 10.0. The minimum absolute atomic E-state index is 0.0867. The maximum atomic E-state index is 12.8. The molecule has 2 heterocycles. The van der Waals surface area contributed by atoms with Crippen LogP contribution in [0.15, 0.2) is 0 Å². The molecular formula is C16H23N3OS. The summed E-state index contributed by atoms with van der Waals surface area (Å²) in [7, 11) is 0. The quantitative estimate of drug-likeness (QED) is 0.896. The SMILES string of the molecule is CCCC1(C(=O)Nc2sc(C)c(C)c2C#N)CCNCC1. The van der Waals surface area contributed by atoms with E-state index in [2.05, 4.69) is 23.6 Å². The number of carbonyl (C=O) groups excluding carboxylic acids is 1. The summed E-state index contributed by atoms with van der Waals surface area (Å²) in [6.07, 6.45) is 3.66. The third-order valence-electron chi connectivity index (χ3n) is 4.50. The Morgan fingerprint density at radius 1 is 1.43 bits per heavy atom. The van der Waals surface area contributed by atoms with Gasteiger partial charge in [0.1, 0.15) is 11.1 Å². The minimum Gasteiger partial charge on any atom is -0.317 e. The molecule has 0 spiro atoms. The average Bonchev–Trinajstić information content (AvgIpc) is 2.74. The number of nitrogens with zero attached hydrogens (tertiary/aromatic N) is 1. The molecule has 1 aromatic rings. The van der Waals surface area contributed by atoms with Gasteiger partial charge in [-0.25, -0.2) is 0 Å². The van der Waals surface area contributed by atoms with Crippen LogP contribution in [0.4, 0.5) is 5.00 Å². The van der Waals surface area contributed by atoms with Crippen LogP contribution in [0.1, 0.15) is 48.6 Å². The number of anilines is 1. The smallest absolute Gasteiger partial charge is 0.231 e. The van der Waals surface area contributed by atoms with E-state index in [9.17, 15) is 10.1 Å². The Kier molecular flexibility index (Phi) is 5.02. The maximum Gasteiger partial charge on any atom is 0.231 e. The second-order valence-electron chi connectivity index (χ2n) is 5.83. The van der Waals surface area contributed by atoms with Crippen molar-refractivity contribution in [2.24, 2.45) is 5.41 Å². The van der Waals surface area contributed by atoms with Crippen LogP contribution in [0, 0.1) is 30.6 Å². The van der Waals surface area contributed by atoms with Crippen LogP contribution in [-0.2, 0) is 4.79 Å². The van der Waals surface area contributed by atoms with E-state index in [1.807, 2.05) is 13.8 Å². The van der Waals surface area contributed by atoms with Crippen molar-refractivity contribution in [1.82, 2.24) is 5.32 Å². The normalized spacial score (nSPS) is 17.2. The zero-order chi connectivity index (χ0) is 15.5. The molecule has 5 heteroatoms. The Morgan fingerprint density at radius 3 is 2.67 bits per heavy atom. The van der Waals surface area contributed by atoms with Gasteiger partial charge in [-0.2, -0.15) is 5.26 Å². The van der Waals surface area contributed by atoms with Crippen LogP contribution in [0.2, 0.25) is 0 Å². The highest BCUT2D eigenvalue weighted by Crippen LogP contribution is 2.38. The first kappa shape index (κ1) is 16.0. The summed E-state index contributed by atoms with van der Waals surface area (Å²) in [6, 6.07) is 2.22. The Balaban J connectivity index is 2.23. The number of hydrogen-bond donors (Lipinski definition) is 2. The van der Waals surface area contributed by atoms with Crippen molar-refractivity contribution in [2.75, 3.05) is 18.4 Å². The summed E-state index contributed by atoms with van der Waals surface area (Å²) in [5, 5.41) is 16.4. The van der Waals surface area contributed by atoms with E-state index in [0.29, 0.717) is 10.6 Å². The fourth-order valence-electron chi connectivity index (χ4n) is 3.06. The van der Waals surface area contributed by atoms with Gasteiger partial charge in [0.2, 0.25) is 5.91 Å². The van der Waals surface area contributed by atoms with Crippen molar-refractivity contribution >= 4 is 22.2 Å². The number of carbonyl (C=O) groups is 1. The molecule has 0 unspecified atom stereocenters. The van der Waals surface area contributed by atoms with Gasteiger partial charge in [0.25, 0.3) is 0 Å². The summed E-state index contributed by atoms with van der Waals surface area (Å²) in [5.41, 5.74) is 1.32. The highest BCUT2D eigenvalue weighted by molar-refractivity contribution is 7.16. The molecule has 1 aromatic heterocycles. The molecule has 1 amide bonds. The summed E-state index contributed by atoms with van der Waals surface area (Å²) in [4.78, 5) is 13.9. The molecule has 1 saturated heterocycles. The summed E-state index contributed by atoms with van der Waals surface area (Å²) in [6.45, 7) is 7.83. The fraction of sp³-hybridized carbons (Fsp3) is 0.625. The van der Waals surface area contributed by atoms with Crippen LogP contribution < -0.4 is 10.6 Å². The average molecular weight is 305 g/mol. The maximum absolute atomic E-state index is 12.8. The van der Waals surface area contributed by atoms with Gasteiger partial charge in [0, 0.05) is 4.88 Å². The number of nitriles is 1. The molecule has 0 aliphatic carbocycles. The highest BCUT2D eigenvalue weighted by Gasteiger charge is 2.39. The number of thiophene rings is 1. The lowest BCUT2D eigenvalue weighted by molar-refractivity contribution is -0.127. The first-order valence-corrected chi connectivity index (χ1v) is 8.38. The molecule has 0 bridgehead atoms. The predicted octanol–water partition coefficient (Wildman–Crippen LogP) is 3.35. The fourth-order valence-corrected chi connectivity index (χ4v) is 4.07. The van der Waals surface area contributed by atoms with Gasteiger partial charge < -0.3 is 10.6 Å². The topological polar surface area (TPSA) is 64.9 Å². The van der Waals surface area contributed by atoms with Gasteiger partial charge >= 0.3 is 0 Å². The Morgan fingerprint density at radius 2 is 2.10 bits per heavy atom. The van der Waals surface area contributed by atoms with E-state index in [-0.39, 0.29) is 11.3 Å². The van der Waals surface area contributed by atoms with E-state index >= 15 is 0 Å². The van der Waals surface area contributed by atoms with Crippen LogP contribution in [0.25, 0.3) is 0 Å². The number of rotatable bonds is 4. The lowest BCUT2D eigenvalue weighted by atomic mass is 9.74. The number of hydrogen-bond acceptors (Lipinski definition) is 4. The van der Waals surface area contributed by atoms with Crippen molar-refractivity contribution in [3.05, 3.63) is 16.0 Å². The van der Waals surface area contributed by atoms with Gasteiger partial charge in [0.05, 0.1) is 11.0 Å². The zero-order valence-corrected chi connectivity index (χ0v) is 13.8. The van der Waals surface area contributed by atoms with Gasteiger partial charge in [-0.15, -0.1) is 11.3 Å². The lowest BCUT2D eigenvalue weighted by Crippen LogP contribution is -2.44. The van der Waals surface area contributed by atoms with Crippen LogP contribution in [-0.4, -0.2) is 19.0 Å². The van der Waals surface area contributed by atoms with E-state index in [4.69, 9.17) is 0 Å². The van der Waals surface area contributed by atoms with Crippen molar-refractivity contribution in [1.29, 1.82) is 5.26 Å². The number of amides is 1. The molecule has 1 aliphatic heterocycles. The summed E-state index contributed by atoms with van der Waals surface area (Å²) < 4.78 is 0. The monoisotopic (exact) mass is 305 g/mol. The molecule has 2 rings (SSSR count). The molecule has 2 N–H and O–H groups in total. The van der Waals surface area contributed by atoms with Crippen molar-refractivity contribution in [3.8, 4) is 6.07 Å². The third-order valence-corrected chi connectivity index (χ3v) is 5.62. The van der Waals surface area contributed by atoms with Gasteiger partial charge in [-0.3, -0.25) is 4.79 Å². The second kappa shape index (κ2) is 6.59. The highest BCUT2D eigenvalue weighted by atomic mass is 32.1. The largest absolute Gasteiger partial charge is 0.317 e. The summed E-state index contributed by atoms with van der Waals surface area (Å²) >= 11 is 1.50. The van der Waals surface area contributed by atoms with Crippen molar-refractivity contribution in [2.45, 2.75) is 46.5 Å². The molecule has 0 aromatic carbocycles. The van der Waals surface area contributed by atoms with Gasteiger partial charge in [0.15, 0.2) is 0 Å². The molecular weight excluding hydrogens is 282 g/mol. The van der Waals surface area contributed by atoms with E-state index in [1.54, 1.807) is 0 Å². The van der Waals surface area contributed by atoms with E-state index < -0.39 is 0 Å². The predicted molar refractivity (Wildman–Crippen MR) is 86.6 cm³/mol. The van der Waals surface area contributed by atoms with E-state index in [1.165, 1.54) is 11.3 Å². The van der Waals surface area contributed by atoms with E-state index in [0.717, 1.165) is 49.2 Å². The van der Waals surface area contributed by atoms with Crippen LogP contribution in [0.3, 0.4) is 0 Å². The Hall–Kier alpha value is -1.38. The molecule has 0 atom stereocenters. The number of aryl methyl sites for hydroxylation is 1. The Labute approximate surface area is 130 Å². The van der Waals surface area contributed by atoms with Crippen LogP contribution in [0.5, 0.6) is 0 Å². The molecule has 1 fully saturated rings. The third kappa shape index (κ3) is 3.12. The molecule has 0 saturated carbocycles. The zero-order valence-electron chi connectivity index (χ0n) is 13.0. The second-order valence-corrected chi connectivity index (χ2v) is 7.06. The van der Waals surface area contributed by atoms with Crippen LogP contribution >= 0.6 is 11.3 Å². The van der Waals surface area contributed by atoms with Gasteiger partial charge in [-0.05, 0) is 51.8 Å². The summed E-state index contributed by atoms with van der Waals surface area (Å²) in [5.74, 6) is 0.0867. The standard InChI is InChI=1S/C16H23N3OS/c1-4-5-16(6-8-18-9-7-16)15(20)19-14-13(10-17)11(2)12(3)21-14/h18H,4-9H2,1-3H3,(H,19,20). The van der Waals surface area contributed by atoms with Gasteiger partial charge in [-0.1, -0.05) is 13.3 Å².